The molecule has 0 unspecified atom stereocenters. The van der Waals surface area contributed by atoms with E-state index in [2.05, 4.69) is 4.98 Å². The molecule has 0 bridgehead atoms. The van der Waals surface area contributed by atoms with Crippen molar-refractivity contribution in [2.45, 2.75) is 26.3 Å². The van der Waals surface area contributed by atoms with E-state index in [-0.39, 0.29) is 11.8 Å². The molecule has 0 atom stereocenters. The number of rotatable bonds is 4. The number of nitrogens with zero attached hydrogens (tertiary/aromatic N) is 2. The summed E-state index contributed by atoms with van der Waals surface area (Å²) in [6, 6.07) is 1.83. The molecular weight excluding hydrogens is 232 g/mol. The van der Waals surface area contributed by atoms with Gasteiger partial charge in [-0.15, -0.1) is 0 Å². The third-order valence-electron chi connectivity index (χ3n) is 2.67. The number of carbonyl (C=O) groups excluding carboxylic acids is 1. The molecule has 0 fully saturated rings. The maximum absolute atomic E-state index is 12.2. The van der Waals surface area contributed by atoms with E-state index in [0.29, 0.717) is 18.0 Å². The molecule has 2 aromatic heterocycles. The second kappa shape index (κ2) is 5.08. The third kappa shape index (κ3) is 2.45. The van der Waals surface area contributed by atoms with Gasteiger partial charge in [0.15, 0.2) is 12.1 Å². The van der Waals surface area contributed by atoms with Crippen LogP contribution < -0.4 is 0 Å². The topological polar surface area (TPSA) is 59.5 Å². The van der Waals surface area contributed by atoms with Crippen LogP contribution in [0.15, 0.2) is 33.8 Å². The molecule has 0 aliphatic heterocycles. The lowest BCUT2D eigenvalue weighted by molar-refractivity contribution is 0.0777. The van der Waals surface area contributed by atoms with Crippen LogP contribution in [0.3, 0.4) is 0 Å². The first-order valence-corrected chi connectivity index (χ1v) is 5.79. The minimum Gasteiger partial charge on any atom is -0.472 e. The van der Waals surface area contributed by atoms with E-state index in [0.717, 1.165) is 5.56 Å². The van der Waals surface area contributed by atoms with E-state index in [1.807, 2.05) is 19.9 Å². The Kier molecular flexibility index (Phi) is 3.50. The first-order valence-electron chi connectivity index (χ1n) is 5.79. The van der Waals surface area contributed by atoms with Crippen molar-refractivity contribution in [3.05, 3.63) is 42.0 Å². The SMILES string of the molecule is CC(C)c1ocnc1C(=O)N(C)Cc1ccoc1. The Labute approximate surface area is 105 Å². The molecule has 0 spiro atoms. The van der Waals surface area contributed by atoms with Gasteiger partial charge in [0.1, 0.15) is 5.76 Å². The molecular formula is C13H16N2O3. The largest absolute Gasteiger partial charge is 0.472 e. The van der Waals surface area contributed by atoms with Crippen LogP contribution >= 0.6 is 0 Å². The van der Waals surface area contributed by atoms with Crippen molar-refractivity contribution in [1.82, 2.24) is 9.88 Å². The fourth-order valence-corrected chi connectivity index (χ4v) is 1.73. The number of hydrogen-bond acceptors (Lipinski definition) is 4. The van der Waals surface area contributed by atoms with E-state index >= 15 is 0 Å². The third-order valence-corrected chi connectivity index (χ3v) is 2.67. The maximum Gasteiger partial charge on any atom is 0.276 e. The van der Waals surface area contributed by atoms with Crippen LogP contribution in [0.2, 0.25) is 0 Å². The summed E-state index contributed by atoms with van der Waals surface area (Å²) in [5, 5.41) is 0. The molecule has 0 aliphatic carbocycles. The van der Waals surface area contributed by atoms with Gasteiger partial charge >= 0.3 is 0 Å². The normalized spacial score (nSPS) is 10.9. The zero-order chi connectivity index (χ0) is 13.1. The standard InChI is InChI=1S/C13H16N2O3/c1-9(2)12-11(14-8-18-12)13(16)15(3)6-10-4-5-17-7-10/h4-5,7-9H,6H2,1-3H3. The first kappa shape index (κ1) is 12.4. The summed E-state index contributed by atoms with van der Waals surface area (Å²) in [4.78, 5) is 17.8. The van der Waals surface area contributed by atoms with E-state index < -0.39 is 0 Å². The van der Waals surface area contributed by atoms with Crippen LogP contribution in [0, 0.1) is 0 Å². The predicted octanol–water partition coefficient (Wildman–Crippen LogP) is 2.66. The van der Waals surface area contributed by atoms with Gasteiger partial charge in [-0.25, -0.2) is 4.98 Å². The summed E-state index contributed by atoms with van der Waals surface area (Å²) in [5.74, 6) is 0.612. The monoisotopic (exact) mass is 248 g/mol. The van der Waals surface area contributed by atoms with Crippen LogP contribution in [0.4, 0.5) is 0 Å². The second-order valence-corrected chi connectivity index (χ2v) is 4.51. The minimum atomic E-state index is -0.145. The van der Waals surface area contributed by atoms with Crippen molar-refractivity contribution >= 4 is 5.91 Å². The molecule has 5 heteroatoms. The lowest BCUT2D eigenvalue weighted by atomic mass is 10.1. The number of oxazole rings is 1. The average molecular weight is 248 g/mol. The van der Waals surface area contributed by atoms with Crippen molar-refractivity contribution in [2.24, 2.45) is 0 Å². The molecule has 1 amide bonds. The van der Waals surface area contributed by atoms with Gasteiger partial charge in [-0.05, 0) is 6.07 Å². The van der Waals surface area contributed by atoms with E-state index in [1.165, 1.54) is 6.39 Å². The summed E-state index contributed by atoms with van der Waals surface area (Å²) < 4.78 is 10.2. The molecule has 2 heterocycles. The van der Waals surface area contributed by atoms with Crippen LogP contribution in [0.25, 0.3) is 0 Å². The Hall–Kier alpha value is -2.04. The van der Waals surface area contributed by atoms with E-state index in [4.69, 9.17) is 8.83 Å². The van der Waals surface area contributed by atoms with E-state index in [9.17, 15) is 4.79 Å². The van der Waals surface area contributed by atoms with Gasteiger partial charge in [0.2, 0.25) is 0 Å². The molecule has 18 heavy (non-hydrogen) atoms. The Bertz CT molecular complexity index is 514. The van der Waals surface area contributed by atoms with Crippen molar-refractivity contribution in [3.8, 4) is 0 Å². The van der Waals surface area contributed by atoms with Crippen LogP contribution in [0.5, 0.6) is 0 Å². The zero-order valence-electron chi connectivity index (χ0n) is 10.7. The van der Waals surface area contributed by atoms with Crippen LogP contribution in [0.1, 0.15) is 41.6 Å². The molecule has 96 valence electrons. The van der Waals surface area contributed by atoms with Crippen LogP contribution in [-0.2, 0) is 6.54 Å². The number of amides is 1. The number of furan rings is 1. The lowest BCUT2D eigenvalue weighted by Gasteiger charge is -2.15. The number of hydrogen-bond donors (Lipinski definition) is 0. The van der Waals surface area contributed by atoms with Gasteiger partial charge in [0.25, 0.3) is 5.91 Å². The quantitative estimate of drug-likeness (QED) is 0.834. The lowest BCUT2D eigenvalue weighted by Crippen LogP contribution is -2.27. The molecule has 0 N–H and O–H groups in total. The van der Waals surface area contributed by atoms with Gasteiger partial charge < -0.3 is 13.7 Å². The second-order valence-electron chi connectivity index (χ2n) is 4.51. The Balaban J connectivity index is 2.13. The predicted molar refractivity (Wildman–Crippen MR) is 65.1 cm³/mol. The summed E-state index contributed by atoms with van der Waals surface area (Å²) in [7, 11) is 1.73. The van der Waals surface area contributed by atoms with Gasteiger partial charge in [-0.3, -0.25) is 4.79 Å². The Morgan fingerprint density at radius 3 is 2.89 bits per heavy atom. The fourth-order valence-electron chi connectivity index (χ4n) is 1.73. The molecule has 5 nitrogen and oxygen atoms in total. The molecule has 0 aliphatic rings. The fraction of sp³-hybridized carbons (Fsp3) is 0.385. The first-order chi connectivity index (χ1) is 8.59. The van der Waals surface area contributed by atoms with Crippen LogP contribution in [-0.4, -0.2) is 22.8 Å². The molecule has 0 aromatic carbocycles. The molecule has 2 aromatic rings. The summed E-state index contributed by atoms with van der Waals surface area (Å²) in [5.41, 5.74) is 1.33. The van der Waals surface area contributed by atoms with Gasteiger partial charge in [0.05, 0.1) is 12.5 Å². The van der Waals surface area contributed by atoms with Crippen molar-refractivity contribution in [2.75, 3.05) is 7.05 Å². The smallest absolute Gasteiger partial charge is 0.276 e. The Morgan fingerprint density at radius 1 is 1.50 bits per heavy atom. The maximum atomic E-state index is 12.2. The highest BCUT2D eigenvalue weighted by molar-refractivity contribution is 5.93. The Morgan fingerprint density at radius 2 is 2.28 bits per heavy atom. The molecule has 0 saturated heterocycles. The molecule has 0 saturated carbocycles. The molecule has 0 radical (unpaired) electrons. The van der Waals surface area contributed by atoms with Gasteiger partial charge in [-0.2, -0.15) is 0 Å². The average Bonchev–Trinajstić information content (AvgIpc) is 2.97. The molecule has 2 rings (SSSR count). The van der Waals surface area contributed by atoms with Gasteiger partial charge in [-0.1, -0.05) is 13.8 Å². The highest BCUT2D eigenvalue weighted by atomic mass is 16.3. The van der Waals surface area contributed by atoms with Crippen molar-refractivity contribution < 1.29 is 13.6 Å². The van der Waals surface area contributed by atoms with Gasteiger partial charge in [0, 0.05) is 25.1 Å². The van der Waals surface area contributed by atoms with Crippen molar-refractivity contribution in [3.63, 3.8) is 0 Å². The number of aromatic nitrogens is 1. The van der Waals surface area contributed by atoms with E-state index in [1.54, 1.807) is 24.5 Å². The zero-order valence-corrected chi connectivity index (χ0v) is 10.7. The minimum absolute atomic E-state index is 0.133. The summed E-state index contributed by atoms with van der Waals surface area (Å²) in [6.07, 6.45) is 4.52. The van der Waals surface area contributed by atoms with Crippen molar-refractivity contribution in [1.29, 1.82) is 0 Å². The highest BCUT2D eigenvalue weighted by Crippen LogP contribution is 2.20. The highest BCUT2D eigenvalue weighted by Gasteiger charge is 2.22. The number of carbonyl (C=O) groups is 1. The summed E-state index contributed by atoms with van der Waals surface area (Å²) >= 11 is 0. The summed E-state index contributed by atoms with van der Waals surface area (Å²) in [6.45, 7) is 4.42.